The second-order valence-corrected chi connectivity index (χ2v) is 16.9. The van der Waals surface area contributed by atoms with Gasteiger partial charge in [0.25, 0.3) is 0 Å². The minimum atomic E-state index is -4.34. The van der Waals surface area contributed by atoms with Crippen molar-refractivity contribution in [3.8, 4) is 0 Å². The van der Waals surface area contributed by atoms with Crippen molar-refractivity contribution in [2.45, 2.75) is 154 Å². The Morgan fingerprint density at radius 1 is 0.667 bits per heavy atom. The monoisotopic (exact) mass is 823 g/mol. The SMILES string of the molecule is CC/C=C\C[C@H](O)/C=C/C=C\C=C\[C@H](O)C/C=C\C/C=C\CCC(=O)O[C@H](CO/C=C/CCCCCCCCCCCCCC)COP(=O)(O)OCC[N+](C)(C)C. The lowest BCUT2D eigenvalue weighted by atomic mass is 10.0. The number of unbranched alkanes of at least 4 members (excludes halogenated alkanes) is 12. The number of phosphoric acid groups is 1. The predicted octanol–water partition coefficient (Wildman–Crippen LogP) is 10.8. The van der Waals surface area contributed by atoms with Crippen LogP contribution in [0.25, 0.3) is 0 Å². The highest BCUT2D eigenvalue weighted by atomic mass is 31.2. The van der Waals surface area contributed by atoms with Gasteiger partial charge in [0, 0.05) is 6.42 Å². The molecule has 0 aromatic rings. The second kappa shape index (κ2) is 37.7. The van der Waals surface area contributed by atoms with Crippen LogP contribution < -0.4 is 0 Å². The van der Waals surface area contributed by atoms with Crippen LogP contribution in [0.3, 0.4) is 0 Å². The van der Waals surface area contributed by atoms with E-state index < -0.39 is 32.1 Å². The average molecular weight is 823 g/mol. The van der Waals surface area contributed by atoms with Crippen LogP contribution in [-0.2, 0) is 27.9 Å². The van der Waals surface area contributed by atoms with Gasteiger partial charge < -0.3 is 29.1 Å². The number of aliphatic hydroxyl groups excluding tert-OH is 2. The molecule has 10 nitrogen and oxygen atoms in total. The molecule has 0 amide bonds. The topological polar surface area (TPSA) is 132 Å². The summed E-state index contributed by atoms with van der Waals surface area (Å²) in [6.45, 7) is 4.51. The van der Waals surface area contributed by atoms with Gasteiger partial charge >= 0.3 is 13.8 Å². The number of hydrogen-bond donors (Lipinski definition) is 3. The number of rotatable bonds is 38. The number of nitrogens with zero attached hydrogens (tertiary/aromatic N) is 1. The summed E-state index contributed by atoms with van der Waals surface area (Å²) < 4.78 is 34.5. The number of hydrogen-bond acceptors (Lipinski definition) is 8. The smallest absolute Gasteiger partial charge is 0.472 e. The zero-order valence-electron chi connectivity index (χ0n) is 36.3. The van der Waals surface area contributed by atoms with E-state index in [4.69, 9.17) is 18.5 Å². The number of carbonyl (C=O) groups excluding carboxylic acids is 1. The van der Waals surface area contributed by atoms with Crippen LogP contribution in [-0.4, -0.2) is 91.4 Å². The number of quaternary nitrogens is 1. The van der Waals surface area contributed by atoms with Crippen molar-refractivity contribution < 1.29 is 47.5 Å². The van der Waals surface area contributed by atoms with Gasteiger partial charge in [-0.1, -0.05) is 157 Å². The van der Waals surface area contributed by atoms with Crippen molar-refractivity contribution in [2.75, 3.05) is 47.5 Å². The Kier molecular flexibility index (Phi) is 36.0. The molecule has 0 radical (unpaired) electrons. The third-order valence-corrected chi connectivity index (χ3v) is 9.70. The fraction of sp³-hybridized carbons (Fsp3) is 0.674. The maximum absolute atomic E-state index is 12.6. The largest absolute Gasteiger partial charge is 0.498 e. The highest BCUT2D eigenvalue weighted by Gasteiger charge is 2.26. The molecule has 0 aromatic carbocycles. The van der Waals surface area contributed by atoms with Gasteiger partial charge in [0.15, 0.2) is 6.10 Å². The lowest BCUT2D eigenvalue weighted by Gasteiger charge is -2.24. The molecule has 0 aliphatic rings. The van der Waals surface area contributed by atoms with Crippen molar-refractivity contribution in [1.82, 2.24) is 0 Å². The van der Waals surface area contributed by atoms with Crippen LogP contribution >= 0.6 is 7.82 Å². The fourth-order valence-electron chi connectivity index (χ4n) is 5.31. The lowest BCUT2D eigenvalue weighted by Crippen LogP contribution is -2.37. The molecule has 0 saturated heterocycles. The summed E-state index contributed by atoms with van der Waals surface area (Å²) >= 11 is 0. The molecule has 0 bridgehead atoms. The van der Waals surface area contributed by atoms with E-state index in [9.17, 15) is 24.5 Å². The number of ether oxygens (including phenoxy) is 2. The van der Waals surface area contributed by atoms with Crippen LogP contribution in [0.1, 0.15) is 136 Å². The molecule has 0 heterocycles. The zero-order valence-corrected chi connectivity index (χ0v) is 37.2. The molecule has 328 valence electrons. The van der Waals surface area contributed by atoms with Gasteiger partial charge in [-0.05, 0) is 51.0 Å². The Morgan fingerprint density at radius 2 is 1.23 bits per heavy atom. The standard InChI is InChI=1S/C46H80NO9P/c1-6-8-10-11-12-13-14-15-16-17-18-21-26-32-39-53-41-45(42-55-57(51,52)54-40-38-47(3,4)5)56-46(50)37-31-23-20-19-22-28-34-44(49)36-30-25-24-29-35-43(48)33-27-9-7-2/h9,20,22-25,27-30,32,35-36,39,43-45,48-49H,6-8,10-19,21,26,31,33-34,37-38,40-42H2,1-5H3/p+1/b23-20-,25-24-,27-9-,28-22-,35-29+,36-30+,39-32+/t43-,44+,45+/m0/s1. The van der Waals surface area contributed by atoms with E-state index >= 15 is 0 Å². The van der Waals surface area contributed by atoms with Gasteiger partial charge in [-0.25, -0.2) is 4.57 Å². The van der Waals surface area contributed by atoms with Gasteiger partial charge in [0.2, 0.25) is 0 Å². The molecule has 11 heteroatoms. The van der Waals surface area contributed by atoms with Crippen LogP contribution in [0, 0.1) is 0 Å². The number of esters is 1. The van der Waals surface area contributed by atoms with E-state index in [1.807, 2.05) is 69.8 Å². The summed E-state index contributed by atoms with van der Waals surface area (Å²) in [6, 6.07) is 0. The lowest BCUT2D eigenvalue weighted by molar-refractivity contribution is -0.870. The third kappa shape index (κ3) is 41.4. The van der Waals surface area contributed by atoms with Gasteiger partial charge in [0.1, 0.15) is 19.8 Å². The number of carbonyl (C=O) groups is 1. The second-order valence-electron chi connectivity index (χ2n) is 15.5. The Bertz CT molecular complexity index is 1220. The molecule has 0 rings (SSSR count). The molecule has 0 saturated carbocycles. The molecule has 1 unspecified atom stereocenters. The first kappa shape index (κ1) is 54.4. The van der Waals surface area contributed by atoms with Gasteiger partial charge in [0.05, 0.1) is 46.2 Å². The molecule has 0 aliphatic carbocycles. The van der Waals surface area contributed by atoms with E-state index in [-0.39, 0.29) is 26.2 Å². The molecule has 0 aromatic heterocycles. The van der Waals surface area contributed by atoms with Crippen molar-refractivity contribution in [1.29, 1.82) is 0 Å². The predicted molar refractivity (Wildman–Crippen MR) is 236 cm³/mol. The van der Waals surface area contributed by atoms with Crippen LogP contribution in [0.2, 0.25) is 0 Å². The van der Waals surface area contributed by atoms with Crippen LogP contribution in [0.5, 0.6) is 0 Å². The summed E-state index contributed by atoms with van der Waals surface area (Å²) in [7, 11) is 1.51. The van der Waals surface area contributed by atoms with Crippen molar-refractivity contribution in [3.05, 3.63) is 85.3 Å². The first-order valence-corrected chi connectivity index (χ1v) is 23.1. The number of likely N-dealkylation sites (N-methyl/N-ethyl adjacent to an activating group) is 1. The first-order chi connectivity index (χ1) is 27.4. The molecule has 3 N–H and O–H groups in total. The van der Waals surface area contributed by atoms with E-state index in [0.29, 0.717) is 36.7 Å². The summed E-state index contributed by atoms with van der Waals surface area (Å²) in [5, 5.41) is 20.0. The summed E-state index contributed by atoms with van der Waals surface area (Å²) in [5.41, 5.74) is 0. The van der Waals surface area contributed by atoms with Crippen LogP contribution in [0.15, 0.2) is 85.3 Å². The summed E-state index contributed by atoms with van der Waals surface area (Å²) in [4.78, 5) is 22.8. The third-order valence-electron chi connectivity index (χ3n) is 8.72. The quantitative estimate of drug-likeness (QED) is 0.0106. The minimum absolute atomic E-state index is 0.0179. The maximum Gasteiger partial charge on any atom is 0.472 e. The van der Waals surface area contributed by atoms with E-state index in [2.05, 4.69) is 13.8 Å². The molecule has 0 aliphatic heterocycles. The Hall–Kier alpha value is -2.56. The molecule has 57 heavy (non-hydrogen) atoms. The highest BCUT2D eigenvalue weighted by Crippen LogP contribution is 2.43. The molecule has 0 spiro atoms. The normalized spacial score (nSPS) is 15.6. The van der Waals surface area contributed by atoms with Crippen LogP contribution in [0.4, 0.5) is 0 Å². The minimum Gasteiger partial charge on any atom is -0.498 e. The Morgan fingerprint density at radius 3 is 1.81 bits per heavy atom. The Labute approximate surface area is 347 Å². The maximum atomic E-state index is 12.6. The van der Waals surface area contributed by atoms with Crippen molar-refractivity contribution in [3.63, 3.8) is 0 Å². The fourth-order valence-corrected chi connectivity index (χ4v) is 6.05. The average Bonchev–Trinajstić information content (AvgIpc) is 3.15. The van der Waals surface area contributed by atoms with Gasteiger partial charge in [-0.15, -0.1) is 0 Å². The van der Waals surface area contributed by atoms with E-state index in [1.54, 1.807) is 36.6 Å². The summed E-state index contributed by atoms with van der Waals surface area (Å²) in [6.07, 6.45) is 43.6. The molecular weight excluding hydrogens is 741 g/mol. The van der Waals surface area contributed by atoms with Gasteiger partial charge in [-0.2, -0.15) is 0 Å². The highest BCUT2D eigenvalue weighted by molar-refractivity contribution is 7.47. The summed E-state index contributed by atoms with van der Waals surface area (Å²) in [5.74, 6) is -0.466. The number of phosphoric ester groups is 1. The first-order valence-electron chi connectivity index (χ1n) is 21.6. The van der Waals surface area contributed by atoms with E-state index in [1.165, 1.54) is 70.6 Å². The Balaban J connectivity index is 4.57. The number of allylic oxidation sites excluding steroid dienone is 9. The van der Waals surface area contributed by atoms with Crippen molar-refractivity contribution >= 4 is 13.8 Å². The van der Waals surface area contributed by atoms with Crippen molar-refractivity contribution in [2.24, 2.45) is 0 Å². The molecular formula is C46H81NO9P+. The number of aliphatic hydroxyl groups is 2. The van der Waals surface area contributed by atoms with E-state index in [0.717, 1.165) is 19.3 Å². The molecule has 4 atom stereocenters. The molecule has 0 fully saturated rings. The van der Waals surface area contributed by atoms with Gasteiger partial charge in [-0.3, -0.25) is 13.8 Å². The zero-order chi connectivity index (χ0) is 42.3.